The molecule has 1 amide bonds. The Balaban J connectivity index is 1.96. The Hall–Kier alpha value is -3.02. The molecule has 0 fully saturated rings. The number of hydrogen-bond donors (Lipinski definition) is 0. The van der Waals surface area contributed by atoms with Crippen molar-refractivity contribution in [1.82, 2.24) is 4.90 Å². The lowest BCUT2D eigenvalue weighted by atomic mass is 10.0. The third-order valence-electron chi connectivity index (χ3n) is 4.04. The highest BCUT2D eigenvalue weighted by Gasteiger charge is 2.32. The second-order valence-corrected chi connectivity index (χ2v) is 5.58. The molecule has 2 aromatic rings. The number of rotatable bonds is 4. The van der Waals surface area contributed by atoms with E-state index in [-0.39, 0.29) is 5.91 Å². The molecular formula is C19H19NO5. The van der Waals surface area contributed by atoms with Gasteiger partial charge < -0.3 is 19.1 Å². The number of methoxy groups -OCH3 is 1. The van der Waals surface area contributed by atoms with Crippen LogP contribution in [0.4, 0.5) is 0 Å². The van der Waals surface area contributed by atoms with E-state index < -0.39 is 12.0 Å². The summed E-state index contributed by atoms with van der Waals surface area (Å²) in [6.45, 7) is 0.815. The molecule has 25 heavy (non-hydrogen) atoms. The summed E-state index contributed by atoms with van der Waals surface area (Å²) < 4.78 is 16.0. The van der Waals surface area contributed by atoms with Gasteiger partial charge in [0.25, 0.3) is 5.91 Å². The van der Waals surface area contributed by atoms with Gasteiger partial charge in [0.2, 0.25) is 0 Å². The Morgan fingerprint density at radius 2 is 1.76 bits per heavy atom. The summed E-state index contributed by atoms with van der Waals surface area (Å²) in [4.78, 5) is 26.7. The van der Waals surface area contributed by atoms with Crippen LogP contribution in [0.25, 0.3) is 0 Å². The fraction of sp³-hybridized carbons (Fsp3) is 0.263. The van der Waals surface area contributed by atoms with Gasteiger partial charge in [0.05, 0.1) is 12.7 Å². The molecule has 0 bridgehead atoms. The highest BCUT2D eigenvalue weighted by atomic mass is 16.6. The van der Waals surface area contributed by atoms with Crippen molar-refractivity contribution in [2.24, 2.45) is 0 Å². The van der Waals surface area contributed by atoms with E-state index in [1.54, 1.807) is 37.4 Å². The molecule has 1 unspecified atom stereocenters. The van der Waals surface area contributed by atoms with Crippen molar-refractivity contribution in [2.45, 2.75) is 6.04 Å². The maximum Gasteiger partial charge on any atom is 0.333 e. The number of amides is 1. The van der Waals surface area contributed by atoms with Crippen molar-refractivity contribution in [3.8, 4) is 11.5 Å². The summed E-state index contributed by atoms with van der Waals surface area (Å²) in [6.07, 6.45) is 0. The summed E-state index contributed by atoms with van der Waals surface area (Å²) in [6, 6.07) is 13.3. The second-order valence-electron chi connectivity index (χ2n) is 5.58. The van der Waals surface area contributed by atoms with Crippen LogP contribution in [-0.2, 0) is 9.53 Å². The molecule has 1 aliphatic rings. The van der Waals surface area contributed by atoms with Gasteiger partial charge in [-0.15, -0.1) is 0 Å². The van der Waals surface area contributed by atoms with Crippen molar-refractivity contribution in [1.29, 1.82) is 0 Å². The molecule has 6 heteroatoms. The maximum atomic E-state index is 13.0. The Kier molecular flexibility index (Phi) is 4.88. The Bertz CT molecular complexity index is 775. The highest BCUT2D eigenvalue weighted by Crippen LogP contribution is 2.35. The number of carbonyl (C=O) groups is 2. The Labute approximate surface area is 145 Å². The van der Waals surface area contributed by atoms with Crippen LogP contribution in [0.5, 0.6) is 11.5 Å². The third kappa shape index (κ3) is 3.28. The number of hydrogen-bond acceptors (Lipinski definition) is 5. The first-order valence-electron chi connectivity index (χ1n) is 7.92. The van der Waals surface area contributed by atoms with Crippen LogP contribution in [0.1, 0.15) is 22.0 Å². The SMILES string of the molecule is COC(=O)C(c1ccccc1)N(C)C(=O)c1cccc2c1OCCO2. The van der Waals surface area contributed by atoms with Gasteiger partial charge in [-0.3, -0.25) is 4.79 Å². The van der Waals surface area contributed by atoms with E-state index in [4.69, 9.17) is 14.2 Å². The summed E-state index contributed by atoms with van der Waals surface area (Å²) in [5.41, 5.74) is 1.02. The predicted octanol–water partition coefficient (Wildman–Crippen LogP) is 2.44. The minimum absolute atomic E-state index is 0.346. The minimum Gasteiger partial charge on any atom is -0.486 e. The van der Waals surface area contributed by atoms with E-state index >= 15 is 0 Å². The van der Waals surface area contributed by atoms with E-state index in [2.05, 4.69) is 0 Å². The molecule has 0 N–H and O–H groups in total. The van der Waals surface area contributed by atoms with Crippen molar-refractivity contribution in [3.05, 3.63) is 59.7 Å². The Morgan fingerprint density at radius 1 is 1.04 bits per heavy atom. The standard InChI is InChI=1S/C19H19NO5/c1-20(16(19(22)23-2)13-7-4-3-5-8-13)18(21)14-9-6-10-15-17(14)25-12-11-24-15/h3-10,16H,11-12H2,1-2H3. The molecule has 2 aromatic carbocycles. The maximum absolute atomic E-state index is 13.0. The van der Waals surface area contributed by atoms with Crippen LogP contribution in [0.2, 0.25) is 0 Å². The van der Waals surface area contributed by atoms with Crippen LogP contribution in [0.3, 0.4) is 0 Å². The fourth-order valence-corrected chi connectivity index (χ4v) is 2.81. The molecule has 1 aliphatic heterocycles. The van der Waals surface area contributed by atoms with Crippen LogP contribution < -0.4 is 9.47 Å². The van der Waals surface area contributed by atoms with E-state index in [9.17, 15) is 9.59 Å². The summed E-state index contributed by atoms with van der Waals surface area (Å²) >= 11 is 0. The number of likely N-dealkylation sites (N-methyl/N-ethyl adjacent to an activating group) is 1. The van der Waals surface area contributed by atoms with Crippen LogP contribution in [-0.4, -0.2) is 44.1 Å². The molecule has 0 saturated carbocycles. The Morgan fingerprint density at radius 3 is 2.48 bits per heavy atom. The number of nitrogens with zero attached hydrogens (tertiary/aromatic N) is 1. The first-order valence-corrected chi connectivity index (χ1v) is 7.92. The van der Waals surface area contributed by atoms with Gasteiger partial charge in [0, 0.05) is 7.05 Å². The zero-order valence-electron chi connectivity index (χ0n) is 14.1. The van der Waals surface area contributed by atoms with Crippen molar-refractivity contribution in [2.75, 3.05) is 27.4 Å². The fourth-order valence-electron chi connectivity index (χ4n) is 2.81. The summed E-state index contributed by atoms with van der Waals surface area (Å²) in [5.74, 6) is 0.0766. The predicted molar refractivity (Wildman–Crippen MR) is 90.7 cm³/mol. The van der Waals surface area contributed by atoms with Crippen molar-refractivity contribution < 1.29 is 23.8 Å². The molecule has 0 aliphatic carbocycles. The van der Waals surface area contributed by atoms with Gasteiger partial charge in [-0.2, -0.15) is 0 Å². The first kappa shape index (κ1) is 16.8. The molecule has 6 nitrogen and oxygen atoms in total. The number of esters is 1. The molecule has 0 spiro atoms. The number of fused-ring (bicyclic) bond motifs is 1. The quantitative estimate of drug-likeness (QED) is 0.799. The van der Waals surface area contributed by atoms with Crippen LogP contribution in [0.15, 0.2) is 48.5 Å². The van der Waals surface area contributed by atoms with E-state index in [1.807, 2.05) is 18.2 Å². The van der Waals surface area contributed by atoms with Gasteiger partial charge in [0.1, 0.15) is 13.2 Å². The summed E-state index contributed by atoms with van der Waals surface area (Å²) in [5, 5.41) is 0. The van der Waals surface area contributed by atoms with E-state index in [0.717, 1.165) is 0 Å². The number of benzene rings is 2. The largest absolute Gasteiger partial charge is 0.486 e. The number of carbonyl (C=O) groups excluding carboxylic acids is 2. The number of para-hydroxylation sites is 1. The van der Waals surface area contributed by atoms with Crippen LogP contribution >= 0.6 is 0 Å². The molecule has 1 atom stereocenters. The average molecular weight is 341 g/mol. The van der Waals surface area contributed by atoms with Gasteiger partial charge >= 0.3 is 5.97 Å². The molecule has 0 radical (unpaired) electrons. The summed E-state index contributed by atoms with van der Waals surface area (Å²) in [7, 11) is 2.87. The van der Waals surface area contributed by atoms with Gasteiger partial charge in [-0.25, -0.2) is 4.79 Å². The van der Waals surface area contributed by atoms with E-state index in [1.165, 1.54) is 12.0 Å². The molecule has 0 aromatic heterocycles. The number of ether oxygens (including phenoxy) is 3. The second kappa shape index (κ2) is 7.25. The zero-order valence-corrected chi connectivity index (χ0v) is 14.1. The molecule has 130 valence electrons. The monoisotopic (exact) mass is 341 g/mol. The third-order valence-corrected chi connectivity index (χ3v) is 4.04. The van der Waals surface area contributed by atoms with Crippen LogP contribution in [0, 0.1) is 0 Å². The van der Waals surface area contributed by atoms with Crippen molar-refractivity contribution in [3.63, 3.8) is 0 Å². The van der Waals surface area contributed by atoms with Gasteiger partial charge in [0.15, 0.2) is 17.5 Å². The average Bonchev–Trinajstić information content (AvgIpc) is 2.67. The molecular weight excluding hydrogens is 322 g/mol. The molecule has 0 saturated heterocycles. The minimum atomic E-state index is -0.848. The van der Waals surface area contributed by atoms with E-state index in [0.29, 0.717) is 35.8 Å². The first-order chi connectivity index (χ1) is 12.1. The lowest BCUT2D eigenvalue weighted by Gasteiger charge is -2.28. The normalized spacial score (nSPS) is 13.7. The highest BCUT2D eigenvalue weighted by molar-refractivity contribution is 6.00. The molecule has 3 rings (SSSR count). The van der Waals surface area contributed by atoms with Gasteiger partial charge in [-0.05, 0) is 17.7 Å². The zero-order chi connectivity index (χ0) is 17.8. The lowest BCUT2D eigenvalue weighted by molar-refractivity contribution is -0.145. The van der Waals surface area contributed by atoms with Gasteiger partial charge in [-0.1, -0.05) is 36.4 Å². The van der Waals surface area contributed by atoms with Crippen molar-refractivity contribution >= 4 is 11.9 Å². The lowest BCUT2D eigenvalue weighted by Crippen LogP contribution is -2.37. The smallest absolute Gasteiger partial charge is 0.333 e. The topological polar surface area (TPSA) is 65.1 Å². The molecule has 1 heterocycles.